The van der Waals surface area contributed by atoms with Gasteiger partial charge in [-0.25, -0.2) is 4.57 Å². The van der Waals surface area contributed by atoms with Gasteiger partial charge >= 0.3 is 6.80 Å². The van der Waals surface area contributed by atoms with Crippen LogP contribution >= 0.6 is 29.9 Å². The molecule has 0 saturated carbocycles. The Hall–Kier alpha value is 0.0700. The minimum absolute atomic E-state index is 0.484. The minimum atomic E-state index is -3.16. The van der Waals surface area contributed by atoms with Crippen LogP contribution in [0.3, 0.4) is 0 Å². The van der Waals surface area contributed by atoms with Gasteiger partial charge in [0.05, 0.1) is 13.2 Å². The molecule has 0 aliphatic carbocycles. The predicted molar refractivity (Wildman–Crippen MR) is 107 cm³/mol. The Morgan fingerprint density at radius 2 is 1.42 bits per heavy atom. The van der Waals surface area contributed by atoms with E-state index in [0.717, 1.165) is 41.2 Å². The van der Waals surface area contributed by atoms with E-state index >= 15 is 0 Å². The number of hydrogen-bond donors (Lipinski definition) is 0. The molecule has 0 aliphatic rings. The normalized spacial score (nSPS) is 11.8. The van der Waals surface area contributed by atoms with E-state index < -0.39 is 6.80 Å². The first-order valence-electron chi connectivity index (χ1n) is 8.95. The van der Waals surface area contributed by atoms with Crippen LogP contribution in [0, 0.1) is 0 Å². The molecule has 1 aromatic rings. The molecule has 24 heavy (non-hydrogen) atoms. The molecule has 0 aromatic heterocycles. The lowest BCUT2D eigenvalue weighted by Crippen LogP contribution is -1.97. The second kappa shape index (κ2) is 13.3. The summed E-state index contributed by atoms with van der Waals surface area (Å²) >= 11 is 3.08. The molecule has 3 nitrogen and oxygen atoms in total. The van der Waals surface area contributed by atoms with Crippen molar-refractivity contribution < 1.29 is 13.6 Å². The lowest BCUT2D eigenvalue weighted by molar-refractivity contribution is 0.215. The number of thioether (sulfide) groups is 1. The first-order valence-corrected chi connectivity index (χ1v) is 12.9. The van der Waals surface area contributed by atoms with E-state index in [-0.39, 0.29) is 0 Å². The third-order valence-electron chi connectivity index (χ3n) is 3.31. The van der Waals surface area contributed by atoms with Crippen LogP contribution in [0.2, 0.25) is 0 Å². The van der Waals surface area contributed by atoms with Gasteiger partial charge in [0, 0.05) is 9.79 Å². The third kappa shape index (κ3) is 8.96. The Balaban J connectivity index is 2.78. The van der Waals surface area contributed by atoms with Crippen molar-refractivity contribution in [3.8, 4) is 0 Å². The molecular weight excluding hydrogens is 359 g/mol. The predicted octanol–water partition coefficient (Wildman–Crippen LogP) is 7.41. The van der Waals surface area contributed by atoms with Gasteiger partial charge in [-0.15, -0.1) is 11.8 Å². The molecule has 0 N–H and O–H groups in total. The Morgan fingerprint density at radius 3 is 1.96 bits per heavy atom. The van der Waals surface area contributed by atoms with Crippen LogP contribution in [0.4, 0.5) is 0 Å². The van der Waals surface area contributed by atoms with Gasteiger partial charge in [-0.3, -0.25) is 0 Å². The zero-order chi connectivity index (χ0) is 17.7. The van der Waals surface area contributed by atoms with E-state index in [9.17, 15) is 4.57 Å². The lowest BCUT2D eigenvalue weighted by Gasteiger charge is -2.19. The molecule has 138 valence electrons. The Bertz CT molecular complexity index is 483. The second-order valence-electron chi connectivity index (χ2n) is 5.56. The fourth-order valence-electron chi connectivity index (χ4n) is 1.82. The number of unbranched alkanes of at least 4 members (excludes halogenated alkanes) is 3. The van der Waals surface area contributed by atoms with Crippen LogP contribution in [0.15, 0.2) is 34.1 Å². The largest absolute Gasteiger partial charge is 0.393 e. The van der Waals surface area contributed by atoms with Crippen molar-refractivity contribution in [2.24, 2.45) is 0 Å². The summed E-state index contributed by atoms with van der Waals surface area (Å²) in [6, 6.07) is 8.11. The average molecular weight is 391 g/mol. The molecule has 0 spiro atoms. The van der Waals surface area contributed by atoms with Crippen molar-refractivity contribution in [2.45, 2.75) is 69.1 Å². The Kier molecular flexibility index (Phi) is 12.3. The molecule has 0 unspecified atom stereocenters. The Morgan fingerprint density at radius 1 is 0.875 bits per heavy atom. The van der Waals surface area contributed by atoms with Crippen molar-refractivity contribution in [1.29, 1.82) is 0 Å². The van der Waals surface area contributed by atoms with E-state index in [1.807, 2.05) is 30.0 Å². The highest BCUT2D eigenvalue weighted by atomic mass is 32.7. The molecule has 0 heterocycles. The molecule has 1 rings (SSSR count). The molecule has 6 heteroatoms. The van der Waals surface area contributed by atoms with Gasteiger partial charge in [0.1, 0.15) is 0 Å². The lowest BCUT2D eigenvalue weighted by atomic mass is 10.4. The topological polar surface area (TPSA) is 35.5 Å². The number of hydrogen-bond acceptors (Lipinski definition) is 5. The Labute approximate surface area is 155 Å². The monoisotopic (exact) mass is 390 g/mol. The SMILES string of the molecule is CCCCOP(=O)(OCCCC)Sc1ccccc1SCCCC. The zero-order valence-corrected chi connectivity index (χ0v) is 17.7. The summed E-state index contributed by atoms with van der Waals surface area (Å²) < 4.78 is 24.5. The summed E-state index contributed by atoms with van der Waals surface area (Å²) in [6.07, 6.45) is 6.19. The van der Waals surface area contributed by atoms with Crippen molar-refractivity contribution in [1.82, 2.24) is 0 Å². The van der Waals surface area contributed by atoms with Crippen LogP contribution in [0.5, 0.6) is 0 Å². The molecule has 0 amide bonds. The molecule has 0 aliphatic heterocycles. The molecule has 0 radical (unpaired) electrons. The van der Waals surface area contributed by atoms with E-state index in [1.54, 1.807) is 0 Å². The summed E-state index contributed by atoms with van der Waals surface area (Å²) in [5, 5.41) is 0. The van der Waals surface area contributed by atoms with Gasteiger partial charge in [0.25, 0.3) is 0 Å². The number of rotatable bonds is 14. The molecule has 0 atom stereocenters. The zero-order valence-electron chi connectivity index (χ0n) is 15.2. The summed E-state index contributed by atoms with van der Waals surface area (Å²) in [7, 11) is 0. The minimum Gasteiger partial charge on any atom is -0.301 e. The summed E-state index contributed by atoms with van der Waals surface area (Å²) in [4.78, 5) is 2.16. The van der Waals surface area contributed by atoms with E-state index in [1.165, 1.54) is 24.2 Å². The van der Waals surface area contributed by atoms with Crippen LogP contribution in [0.1, 0.15) is 59.3 Å². The van der Waals surface area contributed by atoms with E-state index in [4.69, 9.17) is 9.05 Å². The first kappa shape index (κ1) is 22.1. The highest BCUT2D eigenvalue weighted by molar-refractivity contribution is 8.55. The maximum atomic E-state index is 13.1. The van der Waals surface area contributed by atoms with Crippen molar-refractivity contribution in [2.75, 3.05) is 19.0 Å². The maximum Gasteiger partial charge on any atom is 0.393 e. The molecule has 0 bridgehead atoms. The van der Waals surface area contributed by atoms with E-state index in [0.29, 0.717) is 13.2 Å². The van der Waals surface area contributed by atoms with Gasteiger partial charge in [0.15, 0.2) is 0 Å². The molecular formula is C18H31O3PS2. The van der Waals surface area contributed by atoms with Crippen LogP contribution in [-0.2, 0) is 13.6 Å². The standard InChI is InChI=1S/C18H31O3PS2/c1-4-7-14-20-22(19,21-15-8-5-2)24-18-13-11-10-12-17(18)23-16-9-6-3/h10-13H,4-9,14-16H2,1-3H3. The van der Waals surface area contributed by atoms with Gasteiger partial charge in [-0.2, -0.15) is 0 Å². The van der Waals surface area contributed by atoms with Crippen molar-refractivity contribution in [3.63, 3.8) is 0 Å². The summed E-state index contributed by atoms with van der Waals surface area (Å²) in [6.45, 7) is 4.19. The van der Waals surface area contributed by atoms with Crippen LogP contribution < -0.4 is 0 Å². The van der Waals surface area contributed by atoms with E-state index in [2.05, 4.69) is 26.8 Å². The van der Waals surface area contributed by atoms with Crippen LogP contribution in [-0.4, -0.2) is 19.0 Å². The fourth-order valence-corrected chi connectivity index (χ4v) is 6.74. The van der Waals surface area contributed by atoms with Gasteiger partial charge in [-0.1, -0.05) is 52.2 Å². The highest BCUT2D eigenvalue weighted by Gasteiger charge is 2.27. The summed E-state index contributed by atoms with van der Waals surface area (Å²) in [5.41, 5.74) is 0. The van der Waals surface area contributed by atoms with Gasteiger partial charge in [-0.05, 0) is 48.5 Å². The molecule has 0 saturated heterocycles. The van der Waals surface area contributed by atoms with Gasteiger partial charge in [0.2, 0.25) is 0 Å². The number of benzene rings is 1. The van der Waals surface area contributed by atoms with Crippen molar-refractivity contribution in [3.05, 3.63) is 24.3 Å². The average Bonchev–Trinajstić information content (AvgIpc) is 2.57. The van der Waals surface area contributed by atoms with Gasteiger partial charge < -0.3 is 9.05 Å². The summed E-state index contributed by atoms with van der Waals surface area (Å²) in [5.74, 6) is 1.08. The smallest absolute Gasteiger partial charge is 0.301 e. The molecule has 1 aromatic carbocycles. The van der Waals surface area contributed by atoms with Crippen molar-refractivity contribution >= 4 is 29.9 Å². The van der Waals surface area contributed by atoms with Crippen LogP contribution in [0.25, 0.3) is 0 Å². The highest BCUT2D eigenvalue weighted by Crippen LogP contribution is 2.64. The first-order chi connectivity index (χ1) is 11.6. The maximum absolute atomic E-state index is 13.1. The third-order valence-corrected chi connectivity index (χ3v) is 8.27. The fraction of sp³-hybridized carbons (Fsp3) is 0.667. The quantitative estimate of drug-likeness (QED) is 0.188. The second-order valence-corrected chi connectivity index (χ2v) is 10.6. The molecule has 0 fully saturated rings.